The number of H-pyrrole nitrogens is 1. The van der Waals surface area contributed by atoms with Crippen molar-refractivity contribution in [2.75, 3.05) is 12.8 Å². The minimum Gasteiger partial charge on any atom is -0.382 e. The molecule has 0 fully saturated rings. The van der Waals surface area contributed by atoms with E-state index in [4.69, 9.17) is 5.73 Å². The van der Waals surface area contributed by atoms with Gasteiger partial charge in [-0.2, -0.15) is 5.10 Å². The van der Waals surface area contributed by atoms with Crippen LogP contribution in [0, 0.1) is 6.92 Å². The normalized spacial score (nSPS) is 10.5. The lowest BCUT2D eigenvalue weighted by Crippen LogP contribution is -2.27. The fourth-order valence-electron chi connectivity index (χ4n) is 1.84. The zero-order valence-electron chi connectivity index (χ0n) is 10.8. The van der Waals surface area contributed by atoms with Crippen molar-refractivity contribution in [3.63, 3.8) is 0 Å². The third kappa shape index (κ3) is 2.96. The SMILES string of the molecule is Cc1[nH]nc(N)c1C(=O)N(C)Cc1ccc(Br)cc1. The number of aromatic nitrogens is 2. The molecular formula is C13H15BrN4O. The maximum Gasteiger partial charge on any atom is 0.259 e. The monoisotopic (exact) mass is 322 g/mol. The molecular weight excluding hydrogens is 308 g/mol. The van der Waals surface area contributed by atoms with Gasteiger partial charge in [0.05, 0.1) is 0 Å². The maximum absolute atomic E-state index is 12.3. The van der Waals surface area contributed by atoms with Gasteiger partial charge in [-0.1, -0.05) is 28.1 Å². The highest BCUT2D eigenvalue weighted by Crippen LogP contribution is 2.17. The van der Waals surface area contributed by atoms with Crippen molar-refractivity contribution in [2.45, 2.75) is 13.5 Å². The number of aromatic amines is 1. The molecule has 0 aliphatic rings. The number of halogens is 1. The number of carbonyl (C=O) groups excluding carboxylic acids is 1. The zero-order chi connectivity index (χ0) is 14.0. The van der Waals surface area contributed by atoms with Gasteiger partial charge < -0.3 is 10.6 Å². The number of nitrogen functional groups attached to an aromatic ring is 1. The standard InChI is InChI=1S/C13H15BrN4O/c1-8-11(12(15)17-16-8)13(19)18(2)7-9-3-5-10(14)6-4-9/h3-6H,7H2,1-2H3,(H3,15,16,17). The summed E-state index contributed by atoms with van der Waals surface area (Å²) in [7, 11) is 1.75. The molecule has 0 radical (unpaired) electrons. The minimum atomic E-state index is -0.133. The van der Waals surface area contributed by atoms with Crippen LogP contribution < -0.4 is 5.73 Å². The number of nitrogens with zero attached hydrogens (tertiary/aromatic N) is 2. The van der Waals surface area contributed by atoms with Crippen LogP contribution in [-0.2, 0) is 6.54 Å². The van der Waals surface area contributed by atoms with Crippen LogP contribution in [0.15, 0.2) is 28.7 Å². The molecule has 5 nitrogen and oxygen atoms in total. The van der Waals surface area contributed by atoms with Crippen molar-refractivity contribution in [3.8, 4) is 0 Å². The van der Waals surface area contributed by atoms with Crippen LogP contribution >= 0.6 is 15.9 Å². The van der Waals surface area contributed by atoms with Crippen LogP contribution in [0.5, 0.6) is 0 Å². The van der Waals surface area contributed by atoms with E-state index in [9.17, 15) is 4.79 Å². The largest absolute Gasteiger partial charge is 0.382 e. The summed E-state index contributed by atoms with van der Waals surface area (Å²) in [6, 6.07) is 7.84. The summed E-state index contributed by atoms with van der Waals surface area (Å²) in [4.78, 5) is 13.9. The molecule has 0 atom stereocenters. The maximum atomic E-state index is 12.3. The van der Waals surface area contributed by atoms with Gasteiger partial charge >= 0.3 is 0 Å². The Morgan fingerprint density at radius 1 is 1.42 bits per heavy atom. The molecule has 0 saturated heterocycles. The number of benzene rings is 1. The van der Waals surface area contributed by atoms with Crippen molar-refractivity contribution in [3.05, 3.63) is 45.6 Å². The molecule has 0 aliphatic carbocycles. The predicted molar refractivity (Wildman–Crippen MR) is 77.7 cm³/mol. The predicted octanol–water partition coefficient (Wildman–Crippen LogP) is 2.34. The van der Waals surface area contributed by atoms with Crippen LogP contribution in [0.1, 0.15) is 21.6 Å². The van der Waals surface area contributed by atoms with Crippen LogP contribution in [0.25, 0.3) is 0 Å². The summed E-state index contributed by atoms with van der Waals surface area (Å²) in [6.07, 6.45) is 0. The van der Waals surface area contributed by atoms with Crippen LogP contribution in [0.3, 0.4) is 0 Å². The van der Waals surface area contributed by atoms with E-state index in [1.54, 1.807) is 18.9 Å². The number of aryl methyl sites for hydroxylation is 1. The Kier molecular flexibility index (Phi) is 3.90. The summed E-state index contributed by atoms with van der Waals surface area (Å²) in [6.45, 7) is 2.31. The molecule has 0 aliphatic heterocycles. The molecule has 1 amide bonds. The van der Waals surface area contributed by atoms with Crippen molar-refractivity contribution >= 4 is 27.7 Å². The van der Waals surface area contributed by atoms with Crippen molar-refractivity contribution in [1.29, 1.82) is 0 Å². The molecule has 0 spiro atoms. The van der Waals surface area contributed by atoms with Crippen molar-refractivity contribution in [1.82, 2.24) is 15.1 Å². The Labute approximate surface area is 119 Å². The van der Waals surface area contributed by atoms with E-state index in [0.29, 0.717) is 17.8 Å². The Balaban J connectivity index is 2.14. The molecule has 19 heavy (non-hydrogen) atoms. The second-order valence-electron chi connectivity index (χ2n) is 4.40. The topological polar surface area (TPSA) is 75.0 Å². The Hall–Kier alpha value is -1.82. The minimum absolute atomic E-state index is 0.133. The third-order valence-corrected chi connectivity index (χ3v) is 3.40. The number of nitrogens with one attached hydrogen (secondary N) is 1. The van der Waals surface area contributed by atoms with Gasteiger partial charge in [0.25, 0.3) is 5.91 Å². The zero-order valence-corrected chi connectivity index (χ0v) is 12.4. The molecule has 0 saturated carbocycles. The molecule has 3 N–H and O–H groups in total. The van der Waals surface area contributed by atoms with Crippen molar-refractivity contribution in [2.24, 2.45) is 0 Å². The number of amides is 1. The van der Waals surface area contributed by atoms with Gasteiger partial charge in [0, 0.05) is 23.8 Å². The molecule has 1 aromatic carbocycles. The van der Waals surface area contributed by atoms with Gasteiger partial charge in [-0.15, -0.1) is 0 Å². The summed E-state index contributed by atoms with van der Waals surface area (Å²) in [5, 5.41) is 6.55. The number of carbonyl (C=O) groups is 1. The Bertz CT molecular complexity index is 572. The number of hydrogen-bond acceptors (Lipinski definition) is 3. The van der Waals surface area contributed by atoms with E-state index < -0.39 is 0 Å². The molecule has 2 rings (SSSR count). The van der Waals surface area contributed by atoms with Crippen LogP contribution in [-0.4, -0.2) is 28.1 Å². The molecule has 1 aromatic heterocycles. The highest BCUT2D eigenvalue weighted by molar-refractivity contribution is 9.10. The lowest BCUT2D eigenvalue weighted by atomic mass is 10.2. The van der Waals surface area contributed by atoms with Gasteiger partial charge in [-0.25, -0.2) is 0 Å². The first-order valence-electron chi connectivity index (χ1n) is 5.79. The average Bonchev–Trinajstić information content (AvgIpc) is 2.71. The quantitative estimate of drug-likeness (QED) is 0.910. The van der Waals surface area contributed by atoms with Gasteiger partial charge in [-0.3, -0.25) is 9.89 Å². The first-order chi connectivity index (χ1) is 8.99. The van der Waals surface area contributed by atoms with E-state index in [-0.39, 0.29) is 11.7 Å². The lowest BCUT2D eigenvalue weighted by Gasteiger charge is -2.17. The van der Waals surface area contributed by atoms with E-state index in [0.717, 1.165) is 10.0 Å². The first kappa shape index (κ1) is 13.6. The summed E-state index contributed by atoms with van der Waals surface area (Å²) < 4.78 is 1.01. The van der Waals surface area contributed by atoms with Gasteiger partial charge in [0.15, 0.2) is 5.82 Å². The molecule has 1 heterocycles. The lowest BCUT2D eigenvalue weighted by molar-refractivity contribution is 0.0785. The Morgan fingerprint density at radius 3 is 2.58 bits per heavy atom. The summed E-state index contributed by atoms with van der Waals surface area (Å²) in [5.41, 5.74) is 7.88. The van der Waals surface area contributed by atoms with Crippen LogP contribution in [0.4, 0.5) is 5.82 Å². The highest BCUT2D eigenvalue weighted by atomic mass is 79.9. The fourth-order valence-corrected chi connectivity index (χ4v) is 2.11. The third-order valence-electron chi connectivity index (χ3n) is 2.87. The molecule has 6 heteroatoms. The van der Waals surface area contributed by atoms with Gasteiger partial charge in [0.2, 0.25) is 0 Å². The van der Waals surface area contributed by atoms with Gasteiger partial charge in [0.1, 0.15) is 5.56 Å². The number of rotatable bonds is 3. The van der Waals surface area contributed by atoms with E-state index in [2.05, 4.69) is 26.1 Å². The van der Waals surface area contributed by atoms with E-state index >= 15 is 0 Å². The van der Waals surface area contributed by atoms with E-state index in [1.165, 1.54) is 0 Å². The molecule has 2 aromatic rings. The highest BCUT2D eigenvalue weighted by Gasteiger charge is 2.19. The van der Waals surface area contributed by atoms with Crippen LogP contribution in [0.2, 0.25) is 0 Å². The smallest absolute Gasteiger partial charge is 0.259 e. The summed E-state index contributed by atoms with van der Waals surface area (Å²) >= 11 is 3.38. The van der Waals surface area contributed by atoms with E-state index in [1.807, 2.05) is 24.3 Å². The first-order valence-corrected chi connectivity index (χ1v) is 6.58. The summed E-state index contributed by atoms with van der Waals surface area (Å²) in [5.74, 6) is 0.108. The second-order valence-corrected chi connectivity index (χ2v) is 5.31. The molecule has 100 valence electrons. The Morgan fingerprint density at radius 2 is 2.05 bits per heavy atom. The van der Waals surface area contributed by atoms with Crippen molar-refractivity contribution < 1.29 is 4.79 Å². The average molecular weight is 323 g/mol. The number of anilines is 1. The molecule has 0 bridgehead atoms. The number of nitrogens with two attached hydrogens (primary N) is 1. The number of hydrogen-bond donors (Lipinski definition) is 2. The van der Waals surface area contributed by atoms with Gasteiger partial charge in [-0.05, 0) is 24.6 Å². The molecule has 0 unspecified atom stereocenters. The second kappa shape index (κ2) is 5.44. The fraction of sp³-hybridized carbons (Fsp3) is 0.231.